The molecule has 0 aliphatic rings. The molecule has 1 aromatic heterocycles. The molecule has 26 heavy (non-hydrogen) atoms. The lowest BCUT2D eigenvalue weighted by Gasteiger charge is -2.06. The maximum absolute atomic E-state index is 12.4. The van der Waals surface area contributed by atoms with Gasteiger partial charge in [0.05, 0.1) is 28.2 Å². The Morgan fingerprint density at radius 1 is 1.15 bits per heavy atom. The smallest absolute Gasteiger partial charge is 0.269 e. The van der Waals surface area contributed by atoms with Crippen molar-refractivity contribution >= 4 is 21.4 Å². The Morgan fingerprint density at radius 3 is 2.50 bits per heavy atom. The van der Waals surface area contributed by atoms with Crippen LogP contribution in [0.4, 0.5) is 11.4 Å². The van der Waals surface area contributed by atoms with Gasteiger partial charge in [0.2, 0.25) is 0 Å². The molecule has 0 bridgehead atoms. The predicted octanol–water partition coefficient (Wildman–Crippen LogP) is 2.95. The zero-order chi connectivity index (χ0) is 18.7. The van der Waals surface area contributed by atoms with Crippen LogP contribution in [-0.4, -0.2) is 23.1 Å². The van der Waals surface area contributed by atoms with Crippen LogP contribution in [0.5, 0.6) is 0 Å². The van der Waals surface area contributed by atoms with Crippen molar-refractivity contribution in [3.63, 3.8) is 0 Å². The van der Waals surface area contributed by atoms with Crippen LogP contribution in [-0.2, 0) is 16.6 Å². The molecule has 2 aromatic carbocycles. The fourth-order valence-corrected chi connectivity index (χ4v) is 3.45. The maximum Gasteiger partial charge on any atom is 0.269 e. The fraction of sp³-hybridized carbons (Fsp3) is 0.118. The van der Waals surface area contributed by atoms with Gasteiger partial charge in [0.1, 0.15) is 0 Å². The van der Waals surface area contributed by atoms with E-state index in [0.717, 1.165) is 23.3 Å². The van der Waals surface area contributed by atoms with Gasteiger partial charge in [-0.25, -0.2) is 8.42 Å². The topological polar surface area (TPSA) is 107 Å². The van der Waals surface area contributed by atoms with Crippen LogP contribution in [0.2, 0.25) is 0 Å². The van der Waals surface area contributed by atoms with E-state index in [9.17, 15) is 18.5 Å². The third-order valence-electron chi connectivity index (χ3n) is 3.84. The highest BCUT2D eigenvalue weighted by molar-refractivity contribution is 7.92. The van der Waals surface area contributed by atoms with E-state index in [4.69, 9.17) is 0 Å². The van der Waals surface area contributed by atoms with Crippen LogP contribution >= 0.6 is 0 Å². The summed E-state index contributed by atoms with van der Waals surface area (Å²) in [7, 11) is -3.85. The first-order valence-corrected chi connectivity index (χ1v) is 9.18. The summed E-state index contributed by atoms with van der Waals surface area (Å²) in [5.41, 5.74) is 2.35. The van der Waals surface area contributed by atoms with Crippen LogP contribution in [0.1, 0.15) is 11.1 Å². The molecule has 3 rings (SSSR count). The van der Waals surface area contributed by atoms with Crippen molar-refractivity contribution in [3.8, 4) is 0 Å². The number of nitro benzene ring substituents is 1. The molecule has 1 heterocycles. The molecule has 0 amide bonds. The first-order chi connectivity index (χ1) is 12.3. The quantitative estimate of drug-likeness (QED) is 0.529. The highest BCUT2D eigenvalue weighted by Crippen LogP contribution is 2.19. The third-order valence-corrected chi connectivity index (χ3v) is 5.23. The van der Waals surface area contributed by atoms with Gasteiger partial charge in [-0.15, -0.1) is 0 Å². The number of aryl methyl sites for hydroxylation is 1. The van der Waals surface area contributed by atoms with Crippen LogP contribution < -0.4 is 4.72 Å². The van der Waals surface area contributed by atoms with E-state index in [-0.39, 0.29) is 10.6 Å². The van der Waals surface area contributed by atoms with E-state index in [1.54, 1.807) is 10.9 Å². The van der Waals surface area contributed by atoms with Gasteiger partial charge in [-0.05, 0) is 30.2 Å². The first kappa shape index (κ1) is 17.6. The Bertz CT molecular complexity index is 1040. The maximum atomic E-state index is 12.4. The summed E-state index contributed by atoms with van der Waals surface area (Å²) in [5, 5.41) is 14.8. The zero-order valence-electron chi connectivity index (χ0n) is 13.9. The van der Waals surface area contributed by atoms with Crippen LogP contribution in [0, 0.1) is 17.0 Å². The third kappa shape index (κ3) is 3.89. The number of anilines is 1. The van der Waals surface area contributed by atoms with Crippen molar-refractivity contribution in [2.75, 3.05) is 4.72 Å². The van der Waals surface area contributed by atoms with Crippen molar-refractivity contribution < 1.29 is 13.3 Å². The molecule has 0 fully saturated rings. The second-order valence-electron chi connectivity index (χ2n) is 5.71. The molecule has 134 valence electrons. The standard InChI is InChI=1S/C17H16N4O4S/c1-13-4-2-3-5-14(13)11-20-12-15(10-18-20)19-26(24,25)17-8-6-16(7-9-17)21(22)23/h2-10,12,19H,11H2,1H3. The Labute approximate surface area is 150 Å². The van der Waals surface area contributed by atoms with Crippen molar-refractivity contribution in [2.45, 2.75) is 18.4 Å². The number of benzene rings is 2. The number of non-ortho nitro benzene ring substituents is 1. The Hall–Kier alpha value is -3.20. The number of sulfonamides is 1. The summed E-state index contributed by atoms with van der Waals surface area (Å²) in [4.78, 5) is 10.0. The number of rotatable bonds is 6. The number of nitrogens with one attached hydrogen (secondary N) is 1. The number of hydrogen-bond acceptors (Lipinski definition) is 5. The molecular formula is C17H16N4O4S. The van der Waals surface area contributed by atoms with Crippen LogP contribution in [0.25, 0.3) is 0 Å². The molecule has 1 N–H and O–H groups in total. The summed E-state index contributed by atoms with van der Waals surface area (Å²) in [6.07, 6.45) is 3.01. The van der Waals surface area contributed by atoms with Gasteiger partial charge in [0.15, 0.2) is 0 Å². The van der Waals surface area contributed by atoms with Crippen LogP contribution in [0.3, 0.4) is 0 Å². The molecule has 0 unspecified atom stereocenters. The molecule has 0 radical (unpaired) electrons. The summed E-state index contributed by atoms with van der Waals surface area (Å²) in [6, 6.07) is 12.5. The van der Waals surface area contributed by atoms with Crippen LogP contribution in [0.15, 0.2) is 65.8 Å². The lowest BCUT2D eigenvalue weighted by Crippen LogP contribution is -2.12. The normalized spacial score (nSPS) is 11.3. The molecular weight excluding hydrogens is 356 g/mol. The van der Waals surface area contributed by atoms with E-state index in [1.807, 2.05) is 31.2 Å². The monoisotopic (exact) mass is 372 g/mol. The Morgan fingerprint density at radius 2 is 1.85 bits per heavy atom. The van der Waals surface area contributed by atoms with Gasteiger partial charge in [-0.1, -0.05) is 24.3 Å². The molecule has 0 atom stereocenters. The number of aromatic nitrogens is 2. The van der Waals surface area contributed by atoms with Gasteiger partial charge in [-0.2, -0.15) is 5.10 Å². The largest absolute Gasteiger partial charge is 0.276 e. The highest BCUT2D eigenvalue weighted by atomic mass is 32.2. The average molecular weight is 372 g/mol. The molecule has 3 aromatic rings. The van der Waals surface area contributed by atoms with E-state index >= 15 is 0 Å². The molecule has 0 spiro atoms. The van der Waals surface area contributed by atoms with Crippen molar-refractivity contribution in [2.24, 2.45) is 0 Å². The zero-order valence-corrected chi connectivity index (χ0v) is 14.7. The SMILES string of the molecule is Cc1ccccc1Cn1cc(NS(=O)(=O)c2ccc([N+](=O)[O-])cc2)cn1. The molecule has 0 aliphatic heterocycles. The van der Waals surface area contributed by atoms with Gasteiger partial charge < -0.3 is 0 Å². The van der Waals surface area contributed by atoms with Gasteiger partial charge in [-0.3, -0.25) is 19.5 Å². The Balaban J connectivity index is 1.75. The van der Waals surface area contributed by atoms with E-state index in [2.05, 4.69) is 9.82 Å². The van der Waals surface area contributed by atoms with Gasteiger partial charge in [0.25, 0.3) is 15.7 Å². The average Bonchev–Trinajstić information content (AvgIpc) is 3.03. The number of nitrogens with zero attached hydrogens (tertiary/aromatic N) is 3. The van der Waals surface area contributed by atoms with E-state index < -0.39 is 14.9 Å². The highest BCUT2D eigenvalue weighted by Gasteiger charge is 2.17. The number of nitro groups is 1. The minimum Gasteiger partial charge on any atom is -0.276 e. The lowest BCUT2D eigenvalue weighted by atomic mass is 10.1. The predicted molar refractivity (Wildman–Crippen MR) is 96.4 cm³/mol. The van der Waals surface area contributed by atoms with E-state index in [0.29, 0.717) is 12.2 Å². The second-order valence-corrected chi connectivity index (χ2v) is 7.39. The van der Waals surface area contributed by atoms with Crippen molar-refractivity contribution in [3.05, 3.63) is 82.2 Å². The first-order valence-electron chi connectivity index (χ1n) is 7.69. The fourth-order valence-electron chi connectivity index (χ4n) is 2.43. The molecule has 8 nitrogen and oxygen atoms in total. The van der Waals surface area contributed by atoms with Crippen molar-refractivity contribution in [1.82, 2.24) is 9.78 Å². The minimum atomic E-state index is -3.85. The van der Waals surface area contributed by atoms with Gasteiger partial charge in [0, 0.05) is 18.3 Å². The van der Waals surface area contributed by atoms with Gasteiger partial charge >= 0.3 is 0 Å². The molecule has 0 aliphatic carbocycles. The number of hydrogen-bond donors (Lipinski definition) is 1. The van der Waals surface area contributed by atoms with Crippen molar-refractivity contribution in [1.29, 1.82) is 0 Å². The molecule has 0 saturated carbocycles. The molecule has 9 heteroatoms. The Kier molecular flexibility index (Phi) is 4.72. The minimum absolute atomic E-state index is 0.0604. The summed E-state index contributed by atoms with van der Waals surface area (Å²) in [5.74, 6) is 0. The molecule has 0 saturated heterocycles. The summed E-state index contributed by atoms with van der Waals surface area (Å²) in [6.45, 7) is 2.52. The van der Waals surface area contributed by atoms with E-state index in [1.165, 1.54) is 18.3 Å². The second kappa shape index (κ2) is 6.96. The summed E-state index contributed by atoms with van der Waals surface area (Å²) < 4.78 is 28.8. The summed E-state index contributed by atoms with van der Waals surface area (Å²) >= 11 is 0. The lowest BCUT2D eigenvalue weighted by molar-refractivity contribution is -0.384.